The fraction of sp³-hybridized carbons (Fsp3) is 0.533. The minimum absolute atomic E-state index is 0.0186. The van der Waals surface area contributed by atoms with E-state index in [1.165, 1.54) is 12.1 Å². The first-order chi connectivity index (χ1) is 10.1. The van der Waals surface area contributed by atoms with Gasteiger partial charge in [-0.15, -0.1) is 0 Å². The number of nitro groups is 1. The lowest BCUT2D eigenvalue weighted by atomic mass is 10.00. The molecule has 21 heavy (non-hydrogen) atoms. The lowest BCUT2D eigenvalue weighted by Crippen LogP contribution is -2.48. The summed E-state index contributed by atoms with van der Waals surface area (Å²) in [5.74, 6) is 0.432. The fourth-order valence-electron chi connectivity index (χ4n) is 3.08. The molecule has 0 atom stereocenters. The van der Waals surface area contributed by atoms with Gasteiger partial charge in [-0.25, -0.2) is 0 Å². The van der Waals surface area contributed by atoms with Gasteiger partial charge >= 0.3 is 0 Å². The van der Waals surface area contributed by atoms with Gasteiger partial charge in [-0.05, 0) is 24.8 Å². The van der Waals surface area contributed by atoms with E-state index in [-0.39, 0.29) is 11.6 Å². The van der Waals surface area contributed by atoms with Crippen molar-refractivity contribution in [2.75, 3.05) is 31.1 Å². The van der Waals surface area contributed by atoms with Crippen LogP contribution in [0.15, 0.2) is 18.2 Å². The molecule has 1 amide bonds. The number of nitro benzene ring substituents is 1. The number of anilines is 1. The average Bonchev–Trinajstić information content (AvgIpc) is 2.96. The summed E-state index contributed by atoms with van der Waals surface area (Å²) in [5.41, 5.74) is 1.29. The third-order valence-electron chi connectivity index (χ3n) is 4.22. The number of carbonyl (C=O) groups excluding carboxylic acids is 1. The van der Waals surface area contributed by atoms with Crippen LogP contribution >= 0.6 is 0 Å². The number of amides is 1. The minimum atomic E-state index is -0.441. The summed E-state index contributed by atoms with van der Waals surface area (Å²) in [4.78, 5) is 27.1. The highest BCUT2D eigenvalue weighted by Crippen LogP contribution is 2.30. The van der Waals surface area contributed by atoms with Crippen LogP contribution in [-0.4, -0.2) is 41.9 Å². The van der Waals surface area contributed by atoms with Crippen molar-refractivity contribution in [3.05, 3.63) is 33.9 Å². The third kappa shape index (κ3) is 2.57. The van der Waals surface area contributed by atoms with Crippen LogP contribution in [0.2, 0.25) is 0 Å². The number of rotatable bonds is 3. The molecule has 1 aromatic rings. The second-order valence-corrected chi connectivity index (χ2v) is 5.97. The molecule has 2 heterocycles. The number of benzene rings is 1. The van der Waals surface area contributed by atoms with Crippen LogP contribution in [0.5, 0.6) is 0 Å². The quantitative estimate of drug-likeness (QED) is 0.632. The molecule has 6 heteroatoms. The van der Waals surface area contributed by atoms with Gasteiger partial charge in [-0.2, -0.15) is 0 Å². The number of hydrogen-bond acceptors (Lipinski definition) is 4. The molecule has 0 unspecified atom stereocenters. The SMILES string of the molecule is CC1CN(C(=O)c2cc([N+](=O)[O-])ccc2N2CCCC2)C1. The molecule has 0 N–H and O–H groups in total. The normalized spacial score (nSPS) is 18.7. The first-order valence-corrected chi connectivity index (χ1v) is 7.39. The van der Waals surface area contributed by atoms with Gasteiger partial charge in [0.1, 0.15) is 0 Å². The summed E-state index contributed by atoms with van der Waals surface area (Å²) >= 11 is 0. The molecule has 0 saturated carbocycles. The van der Waals surface area contributed by atoms with Crippen LogP contribution in [0.4, 0.5) is 11.4 Å². The van der Waals surface area contributed by atoms with E-state index in [2.05, 4.69) is 11.8 Å². The molecular weight excluding hydrogens is 270 g/mol. The molecule has 2 fully saturated rings. The monoisotopic (exact) mass is 289 g/mol. The predicted molar refractivity (Wildman–Crippen MR) is 79.6 cm³/mol. The maximum atomic E-state index is 12.6. The van der Waals surface area contributed by atoms with Crippen molar-refractivity contribution in [3.8, 4) is 0 Å². The standard InChI is InChI=1S/C15H19N3O3/c1-11-9-17(10-11)15(19)13-8-12(18(20)21)4-5-14(13)16-6-2-3-7-16/h4-5,8,11H,2-3,6-7,9-10H2,1H3. The molecule has 0 aliphatic carbocycles. The summed E-state index contributed by atoms with van der Waals surface area (Å²) in [6, 6.07) is 4.64. The molecule has 3 rings (SSSR count). The van der Waals surface area contributed by atoms with Gasteiger partial charge in [0.05, 0.1) is 16.2 Å². The lowest BCUT2D eigenvalue weighted by Gasteiger charge is -2.38. The lowest BCUT2D eigenvalue weighted by molar-refractivity contribution is -0.384. The van der Waals surface area contributed by atoms with Crippen molar-refractivity contribution < 1.29 is 9.72 Å². The molecular formula is C15H19N3O3. The van der Waals surface area contributed by atoms with E-state index in [1.807, 2.05) is 0 Å². The van der Waals surface area contributed by atoms with Gasteiger partial charge in [0, 0.05) is 38.3 Å². The van der Waals surface area contributed by atoms with Crippen LogP contribution in [-0.2, 0) is 0 Å². The fourth-order valence-corrected chi connectivity index (χ4v) is 3.08. The maximum Gasteiger partial charge on any atom is 0.270 e. The largest absolute Gasteiger partial charge is 0.371 e. The molecule has 112 valence electrons. The zero-order valence-electron chi connectivity index (χ0n) is 12.1. The molecule has 2 aliphatic rings. The van der Waals surface area contributed by atoms with Crippen molar-refractivity contribution in [2.45, 2.75) is 19.8 Å². The third-order valence-corrected chi connectivity index (χ3v) is 4.22. The highest BCUT2D eigenvalue weighted by atomic mass is 16.6. The average molecular weight is 289 g/mol. The molecule has 0 spiro atoms. The predicted octanol–water partition coefficient (Wildman–Crippen LogP) is 2.29. The van der Waals surface area contributed by atoms with E-state index in [4.69, 9.17) is 0 Å². The van der Waals surface area contributed by atoms with Gasteiger partial charge in [0.2, 0.25) is 0 Å². The first kappa shape index (κ1) is 13.9. The molecule has 2 saturated heterocycles. The van der Waals surface area contributed by atoms with Crippen molar-refractivity contribution in [1.29, 1.82) is 0 Å². The van der Waals surface area contributed by atoms with E-state index in [0.29, 0.717) is 11.5 Å². The van der Waals surface area contributed by atoms with Gasteiger partial charge in [0.25, 0.3) is 11.6 Å². The molecule has 6 nitrogen and oxygen atoms in total. The Hall–Kier alpha value is -2.11. The number of nitrogens with zero attached hydrogens (tertiary/aromatic N) is 3. The van der Waals surface area contributed by atoms with Crippen molar-refractivity contribution in [3.63, 3.8) is 0 Å². The Kier molecular flexibility index (Phi) is 3.53. The smallest absolute Gasteiger partial charge is 0.270 e. The van der Waals surface area contributed by atoms with Crippen LogP contribution in [0.25, 0.3) is 0 Å². The van der Waals surface area contributed by atoms with Gasteiger partial charge in [-0.3, -0.25) is 14.9 Å². The maximum absolute atomic E-state index is 12.6. The minimum Gasteiger partial charge on any atom is -0.371 e. The molecule has 2 aliphatic heterocycles. The second kappa shape index (κ2) is 5.35. The summed E-state index contributed by atoms with van der Waals surface area (Å²) in [6.45, 7) is 5.39. The Morgan fingerprint density at radius 2 is 1.95 bits per heavy atom. The van der Waals surface area contributed by atoms with E-state index >= 15 is 0 Å². The van der Waals surface area contributed by atoms with E-state index in [0.717, 1.165) is 44.7 Å². The highest BCUT2D eigenvalue weighted by Gasteiger charge is 2.31. The molecule has 0 aromatic heterocycles. The summed E-state index contributed by atoms with van der Waals surface area (Å²) in [6.07, 6.45) is 2.21. The van der Waals surface area contributed by atoms with E-state index in [1.54, 1.807) is 11.0 Å². The van der Waals surface area contributed by atoms with Crippen LogP contribution < -0.4 is 4.90 Å². The number of non-ortho nitro benzene ring substituents is 1. The summed E-state index contributed by atoms with van der Waals surface area (Å²) in [5, 5.41) is 11.0. The molecule has 1 aromatic carbocycles. The van der Waals surface area contributed by atoms with Crippen LogP contribution in [0.1, 0.15) is 30.1 Å². The number of carbonyl (C=O) groups is 1. The van der Waals surface area contributed by atoms with Gasteiger partial charge in [0.15, 0.2) is 0 Å². The number of likely N-dealkylation sites (tertiary alicyclic amines) is 1. The van der Waals surface area contributed by atoms with E-state index < -0.39 is 4.92 Å². The Bertz CT molecular complexity index is 576. The van der Waals surface area contributed by atoms with Gasteiger partial charge in [-0.1, -0.05) is 6.92 Å². The van der Waals surface area contributed by atoms with Crippen molar-refractivity contribution >= 4 is 17.3 Å². The number of hydrogen-bond donors (Lipinski definition) is 0. The topological polar surface area (TPSA) is 66.7 Å². The van der Waals surface area contributed by atoms with E-state index in [9.17, 15) is 14.9 Å². The molecule has 0 radical (unpaired) electrons. The first-order valence-electron chi connectivity index (χ1n) is 7.39. The highest BCUT2D eigenvalue weighted by molar-refractivity contribution is 6.01. The van der Waals surface area contributed by atoms with Gasteiger partial charge < -0.3 is 9.80 Å². The van der Waals surface area contributed by atoms with Crippen LogP contribution in [0, 0.1) is 16.0 Å². The zero-order chi connectivity index (χ0) is 15.0. The second-order valence-electron chi connectivity index (χ2n) is 5.97. The summed E-state index contributed by atoms with van der Waals surface area (Å²) < 4.78 is 0. The van der Waals surface area contributed by atoms with Crippen LogP contribution in [0.3, 0.4) is 0 Å². The Balaban J connectivity index is 1.95. The van der Waals surface area contributed by atoms with Crippen molar-refractivity contribution in [2.24, 2.45) is 5.92 Å². The Morgan fingerprint density at radius 1 is 1.29 bits per heavy atom. The van der Waals surface area contributed by atoms with Crippen molar-refractivity contribution in [1.82, 2.24) is 4.90 Å². The zero-order valence-corrected chi connectivity index (χ0v) is 12.1. The Labute approximate surface area is 123 Å². The summed E-state index contributed by atoms with van der Waals surface area (Å²) in [7, 11) is 0. The Morgan fingerprint density at radius 3 is 2.52 bits per heavy atom. The molecule has 0 bridgehead atoms.